The predicted molar refractivity (Wildman–Crippen MR) is 83.1 cm³/mol. The van der Waals surface area contributed by atoms with Crippen molar-refractivity contribution in [3.05, 3.63) is 12.2 Å². The maximum atomic E-state index is 12.7. The van der Waals surface area contributed by atoms with Gasteiger partial charge >= 0.3 is 0 Å². The Balaban J connectivity index is 1.61. The second-order valence-corrected chi connectivity index (χ2v) is 8.69. The van der Waals surface area contributed by atoms with Crippen LogP contribution >= 0.6 is 0 Å². The van der Waals surface area contributed by atoms with Gasteiger partial charge in [0.05, 0.1) is 6.54 Å². The molecule has 1 aliphatic heterocycles. The lowest BCUT2D eigenvalue weighted by Gasteiger charge is -2.44. The zero-order valence-electron chi connectivity index (χ0n) is 13.2. The van der Waals surface area contributed by atoms with Crippen LogP contribution in [0.4, 0.5) is 0 Å². The Hall–Kier alpha value is -0.990. The highest BCUT2D eigenvalue weighted by molar-refractivity contribution is 7.86. The van der Waals surface area contributed by atoms with Crippen LogP contribution in [0.3, 0.4) is 0 Å². The molecule has 7 nitrogen and oxygen atoms in total. The van der Waals surface area contributed by atoms with Gasteiger partial charge in [-0.3, -0.25) is 5.10 Å². The first-order chi connectivity index (χ1) is 10.5. The molecule has 0 bridgehead atoms. The average molecular weight is 327 g/mol. The fourth-order valence-corrected chi connectivity index (χ4v) is 5.11. The van der Waals surface area contributed by atoms with Gasteiger partial charge in [0, 0.05) is 20.1 Å². The molecule has 0 aromatic carbocycles. The third-order valence-corrected chi connectivity index (χ3v) is 7.19. The SMILES string of the molecule is CN(Cc1ncn[nH]1)S(=O)(=O)N1CCC2(CCCCC2)CC1. The van der Waals surface area contributed by atoms with Crippen LogP contribution in [0.5, 0.6) is 0 Å². The van der Waals surface area contributed by atoms with Crippen LogP contribution in [0.2, 0.25) is 0 Å². The summed E-state index contributed by atoms with van der Waals surface area (Å²) in [4.78, 5) is 3.99. The quantitative estimate of drug-likeness (QED) is 0.909. The van der Waals surface area contributed by atoms with Crippen molar-refractivity contribution in [1.82, 2.24) is 23.8 Å². The number of piperidine rings is 1. The van der Waals surface area contributed by atoms with Crippen LogP contribution in [0.25, 0.3) is 0 Å². The summed E-state index contributed by atoms with van der Waals surface area (Å²) in [5.41, 5.74) is 0.410. The topological polar surface area (TPSA) is 82.2 Å². The van der Waals surface area contributed by atoms with E-state index in [2.05, 4.69) is 15.2 Å². The van der Waals surface area contributed by atoms with E-state index in [1.807, 2.05) is 0 Å². The van der Waals surface area contributed by atoms with E-state index in [0.717, 1.165) is 12.8 Å². The molecule has 3 rings (SSSR count). The third-order valence-electron chi connectivity index (χ3n) is 5.25. The molecule has 124 valence electrons. The fraction of sp³-hybridized carbons (Fsp3) is 0.857. The van der Waals surface area contributed by atoms with Crippen molar-refractivity contribution in [1.29, 1.82) is 0 Å². The number of nitrogens with one attached hydrogen (secondary N) is 1. The second-order valence-electron chi connectivity index (χ2n) is 6.66. The molecule has 0 atom stereocenters. The molecule has 22 heavy (non-hydrogen) atoms. The van der Waals surface area contributed by atoms with E-state index in [-0.39, 0.29) is 6.54 Å². The van der Waals surface area contributed by atoms with E-state index < -0.39 is 10.2 Å². The highest BCUT2D eigenvalue weighted by atomic mass is 32.2. The van der Waals surface area contributed by atoms with Crippen LogP contribution in [0.1, 0.15) is 50.8 Å². The number of rotatable bonds is 4. The summed E-state index contributed by atoms with van der Waals surface area (Å²) in [6, 6.07) is 0. The van der Waals surface area contributed by atoms with Crippen LogP contribution in [0.15, 0.2) is 6.33 Å². The Kier molecular flexibility index (Phi) is 4.52. The Morgan fingerprint density at radius 1 is 1.23 bits per heavy atom. The molecule has 0 radical (unpaired) electrons. The van der Waals surface area contributed by atoms with E-state index in [9.17, 15) is 8.42 Å². The number of H-pyrrole nitrogens is 1. The zero-order valence-corrected chi connectivity index (χ0v) is 14.0. The number of hydrogen-bond acceptors (Lipinski definition) is 4. The van der Waals surface area contributed by atoms with E-state index >= 15 is 0 Å². The Bertz CT molecular complexity index is 570. The second kappa shape index (κ2) is 6.25. The molecule has 1 saturated heterocycles. The van der Waals surface area contributed by atoms with Crippen LogP contribution in [0, 0.1) is 5.41 Å². The fourth-order valence-electron chi connectivity index (χ4n) is 3.79. The van der Waals surface area contributed by atoms with Gasteiger partial charge in [0.2, 0.25) is 0 Å². The summed E-state index contributed by atoms with van der Waals surface area (Å²) in [6.45, 7) is 1.51. The summed E-state index contributed by atoms with van der Waals surface area (Å²) in [6.07, 6.45) is 9.89. The lowest BCUT2D eigenvalue weighted by Crippen LogP contribution is -2.48. The molecule has 0 unspecified atom stereocenters. The molecular weight excluding hydrogens is 302 g/mol. The number of hydrogen-bond donors (Lipinski definition) is 1. The lowest BCUT2D eigenvalue weighted by molar-refractivity contribution is 0.0997. The maximum absolute atomic E-state index is 12.7. The molecule has 1 saturated carbocycles. The van der Waals surface area contributed by atoms with Crippen molar-refractivity contribution in [2.45, 2.75) is 51.5 Å². The Morgan fingerprint density at radius 3 is 2.50 bits per heavy atom. The normalized spacial score (nSPS) is 23.2. The van der Waals surface area contributed by atoms with Crippen molar-refractivity contribution in [3.8, 4) is 0 Å². The number of aromatic amines is 1. The number of aromatic nitrogens is 3. The summed E-state index contributed by atoms with van der Waals surface area (Å²) in [7, 11) is -1.81. The van der Waals surface area contributed by atoms with Gasteiger partial charge in [-0.15, -0.1) is 0 Å². The average Bonchev–Trinajstić information content (AvgIpc) is 3.01. The summed E-state index contributed by atoms with van der Waals surface area (Å²) >= 11 is 0. The summed E-state index contributed by atoms with van der Waals surface area (Å²) in [5, 5.41) is 6.46. The van der Waals surface area contributed by atoms with Gasteiger partial charge in [0.1, 0.15) is 12.2 Å². The highest BCUT2D eigenvalue weighted by Crippen LogP contribution is 2.44. The minimum atomic E-state index is -3.41. The Morgan fingerprint density at radius 2 is 1.91 bits per heavy atom. The van der Waals surface area contributed by atoms with Gasteiger partial charge in [-0.1, -0.05) is 19.3 Å². The van der Waals surface area contributed by atoms with Crippen molar-refractivity contribution in [3.63, 3.8) is 0 Å². The van der Waals surface area contributed by atoms with Gasteiger partial charge in [-0.2, -0.15) is 22.1 Å². The van der Waals surface area contributed by atoms with Crippen molar-refractivity contribution in [2.24, 2.45) is 5.41 Å². The standard InChI is InChI=1S/C14H25N5O2S/c1-18(11-13-15-12-16-17-13)22(20,21)19-9-7-14(8-10-19)5-3-2-4-6-14/h12H,2-11H2,1H3,(H,15,16,17). The molecule has 2 fully saturated rings. The van der Waals surface area contributed by atoms with Crippen molar-refractivity contribution >= 4 is 10.2 Å². The first kappa shape index (κ1) is 15.9. The van der Waals surface area contributed by atoms with Gasteiger partial charge in [-0.05, 0) is 31.1 Å². The zero-order chi connectivity index (χ0) is 15.6. The van der Waals surface area contributed by atoms with E-state index in [0.29, 0.717) is 24.3 Å². The lowest BCUT2D eigenvalue weighted by atomic mass is 9.68. The minimum Gasteiger partial charge on any atom is -0.262 e. The van der Waals surface area contributed by atoms with E-state index in [1.54, 1.807) is 11.4 Å². The van der Waals surface area contributed by atoms with Crippen LogP contribution in [-0.4, -0.2) is 52.3 Å². The molecule has 2 aliphatic rings. The highest BCUT2D eigenvalue weighted by Gasteiger charge is 2.39. The smallest absolute Gasteiger partial charge is 0.262 e. The molecule has 1 spiro atoms. The number of nitrogens with zero attached hydrogens (tertiary/aromatic N) is 4. The third kappa shape index (κ3) is 3.18. The molecule has 0 amide bonds. The van der Waals surface area contributed by atoms with Gasteiger partial charge in [0.25, 0.3) is 10.2 Å². The van der Waals surface area contributed by atoms with Gasteiger partial charge in [-0.25, -0.2) is 4.98 Å². The molecule has 2 heterocycles. The first-order valence-electron chi connectivity index (χ1n) is 8.08. The van der Waals surface area contributed by atoms with E-state index in [1.165, 1.54) is 42.7 Å². The van der Waals surface area contributed by atoms with Crippen molar-refractivity contribution in [2.75, 3.05) is 20.1 Å². The summed E-state index contributed by atoms with van der Waals surface area (Å²) < 4.78 is 28.3. The minimum absolute atomic E-state index is 0.226. The van der Waals surface area contributed by atoms with Gasteiger partial charge in [0.15, 0.2) is 0 Å². The molecule has 1 N–H and O–H groups in total. The first-order valence-corrected chi connectivity index (χ1v) is 9.47. The van der Waals surface area contributed by atoms with E-state index in [4.69, 9.17) is 0 Å². The van der Waals surface area contributed by atoms with Crippen LogP contribution < -0.4 is 0 Å². The monoisotopic (exact) mass is 327 g/mol. The molecule has 8 heteroatoms. The van der Waals surface area contributed by atoms with Crippen molar-refractivity contribution < 1.29 is 8.42 Å². The van der Waals surface area contributed by atoms with Crippen LogP contribution in [-0.2, 0) is 16.8 Å². The predicted octanol–water partition coefficient (Wildman–Crippen LogP) is 1.53. The molecule has 1 aromatic rings. The van der Waals surface area contributed by atoms with Gasteiger partial charge < -0.3 is 0 Å². The largest absolute Gasteiger partial charge is 0.282 e. The maximum Gasteiger partial charge on any atom is 0.282 e. The molecule has 1 aliphatic carbocycles. The summed E-state index contributed by atoms with van der Waals surface area (Å²) in [5.74, 6) is 0.562. The molecule has 1 aromatic heterocycles. The Labute approximate surface area is 132 Å². The molecular formula is C14H25N5O2S.